The van der Waals surface area contributed by atoms with Crippen LogP contribution in [0, 0.1) is 0 Å². The summed E-state index contributed by atoms with van der Waals surface area (Å²) in [6, 6.07) is 9.15. The molecule has 6 nitrogen and oxygen atoms in total. The van der Waals surface area contributed by atoms with Gasteiger partial charge in [0.15, 0.2) is 0 Å². The average molecular weight is 418 g/mol. The third-order valence-corrected chi connectivity index (χ3v) is 5.44. The highest BCUT2D eigenvalue weighted by Gasteiger charge is 2.32. The molecule has 1 aliphatic rings. The quantitative estimate of drug-likeness (QED) is 0.672. The van der Waals surface area contributed by atoms with Gasteiger partial charge in [0.05, 0.1) is 5.56 Å². The number of aliphatic carboxylic acids is 1. The number of carbonyl (C=O) groups is 1. The first-order valence-electron chi connectivity index (χ1n) is 9.65. The third kappa shape index (κ3) is 3.97. The zero-order valence-electron chi connectivity index (χ0n) is 16.1. The standard InChI is InChI=1S/C21H21F3N4O2/c22-21(23,24)14-6-7-18(26-12-14)27-8-3-9-28(11-10-27)19(20(29)30)16-13-25-17-5-2-1-4-15(16)17/h1-2,4-7,12-13,19,25H,3,8-11H2,(H,29,30)/t19-/m1/s1. The molecule has 4 rings (SSSR count). The predicted octanol–water partition coefficient (Wildman–Crippen LogP) is 3.92. The van der Waals surface area contributed by atoms with Crippen molar-refractivity contribution in [1.29, 1.82) is 0 Å². The number of aromatic nitrogens is 2. The Labute approximate surface area is 170 Å². The lowest BCUT2D eigenvalue weighted by Gasteiger charge is -2.27. The van der Waals surface area contributed by atoms with Crippen LogP contribution in [0.3, 0.4) is 0 Å². The lowest BCUT2D eigenvalue weighted by atomic mass is 10.0. The Hall–Kier alpha value is -3.07. The maximum absolute atomic E-state index is 12.8. The van der Waals surface area contributed by atoms with Gasteiger partial charge in [0.1, 0.15) is 11.9 Å². The summed E-state index contributed by atoms with van der Waals surface area (Å²) in [6.45, 7) is 2.09. The Morgan fingerprint density at radius 3 is 2.60 bits per heavy atom. The van der Waals surface area contributed by atoms with Crippen LogP contribution in [-0.4, -0.2) is 52.1 Å². The molecule has 158 valence electrons. The Morgan fingerprint density at radius 2 is 1.90 bits per heavy atom. The SMILES string of the molecule is O=C(O)[C@@H](c1c[nH]c2ccccc12)N1CCCN(c2ccc(C(F)(F)F)cn2)CC1. The van der Waals surface area contributed by atoms with Gasteiger partial charge in [0.2, 0.25) is 0 Å². The molecule has 1 fully saturated rings. The highest BCUT2D eigenvalue weighted by molar-refractivity contribution is 5.89. The molecule has 9 heteroatoms. The second kappa shape index (κ2) is 7.98. The molecule has 1 saturated heterocycles. The van der Waals surface area contributed by atoms with Crippen molar-refractivity contribution in [2.45, 2.75) is 18.6 Å². The predicted molar refractivity (Wildman–Crippen MR) is 106 cm³/mol. The van der Waals surface area contributed by atoms with Crippen molar-refractivity contribution in [3.63, 3.8) is 0 Å². The van der Waals surface area contributed by atoms with Gasteiger partial charge in [-0.05, 0) is 24.6 Å². The van der Waals surface area contributed by atoms with E-state index in [9.17, 15) is 23.1 Å². The minimum atomic E-state index is -4.42. The van der Waals surface area contributed by atoms with Gasteiger partial charge >= 0.3 is 12.1 Å². The zero-order chi connectivity index (χ0) is 21.3. The van der Waals surface area contributed by atoms with E-state index in [1.54, 1.807) is 6.20 Å². The van der Waals surface area contributed by atoms with E-state index in [1.165, 1.54) is 6.07 Å². The van der Waals surface area contributed by atoms with Crippen LogP contribution in [0.2, 0.25) is 0 Å². The molecule has 0 radical (unpaired) electrons. The fraction of sp³-hybridized carbons (Fsp3) is 0.333. The number of H-pyrrole nitrogens is 1. The van der Waals surface area contributed by atoms with Crippen molar-refractivity contribution in [1.82, 2.24) is 14.9 Å². The lowest BCUT2D eigenvalue weighted by Crippen LogP contribution is -2.37. The first kappa shape index (κ1) is 20.2. The number of benzene rings is 1. The van der Waals surface area contributed by atoms with Crippen LogP contribution in [0.4, 0.5) is 19.0 Å². The van der Waals surface area contributed by atoms with Crippen molar-refractivity contribution in [2.75, 3.05) is 31.1 Å². The molecule has 0 amide bonds. The minimum Gasteiger partial charge on any atom is -0.480 e. The van der Waals surface area contributed by atoms with E-state index in [-0.39, 0.29) is 0 Å². The molecule has 1 atom stereocenters. The third-order valence-electron chi connectivity index (χ3n) is 5.44. The van der Waals surface area contributed by atoms with Crippen molar-refractivity contribution >= 4 is 22.7 Å². The minimum absolute atomic E-state index is 0.458. The molecule has 2 aromatic heterocycles. The summed E-state index contributed by atoms with van der Waals surface area (Å²) in [5.74, 6) is -0.468. The molecule has 0 unspecified atom stereocenters. The first-order valence-corrected chi connectivity index (χ1v) is 9.65. The molecule has 0 bridgehead atoms. The lowest BCUT2D eigenvalue weighted by molar-refractivity contribution is -0.143. The molecule has 0 saturated carbocycles. The molecular weight excluding hydrogens is 397 g/mol. The molecule has 3 heterocycles. The molecule has 30 heavy (non-hydrogen) atoms. The first-order chi connectivity index (χ1) is 14.3. The van der Waals surface area contributed by atoms with Gasteiger partial charge in [0, 0.05) is 55.0 Å². The van der Waals surface area contributed by atoms with Gasteiger partial charge in [-0.15, -0.1) is 0 Å². The highest BCUT2D eigenvalue weighted by atomic mass is 19.4. The Balaban J connectivity index is 1.53. The van der Waals surface area contributed by atoms with Crippen LogP contribution < -0.4 is 4.90 Å². The number of nitrogens with zero attached hydrogens (tertiary/aromatic N) is 3. The number of para-hydroxylation sites is 1. The average Bonchev–Trinajstić information content (AvgIpc) is 2.97. The van der Waals surface area contributed by atoms with Crippen LogP contribution >= 0.6 is 0 Å². The van der Waals surface area contributed by atoms with Gasteiger partial charge in [0.25, 0.3) is 0 Å². The van der Waals surface area contributed by atoms with E-state index >= 15 is 0 Å². The van der Waals surface area contributed by atoms with Gasteiger partial charge in [-0.1, -0.05) is 18.2 Å². The summed E-state index contributed by atoms with van der Waals surface area (Å²) in [5.41, 5.74) is 0.802. The summed E-state index contributed by atoms with van der Waals surface area (Å²) in [4.78, 5) is 23.1. The number of aromatic amines is 1. The monoisotopic (exact) mass is 418 g/mol. The van der Waals surface area contributed by atoms with Gasteiger partial charge in [-0.2, -0.15) is 13.2 Å². The van der Waals surface area contributed by atoms with E-state index in [4.69, 9.17) is 0 Å². The van der Waals surface area contributed by atoms with Crippen molar-refractivity contribution in [2.24, 2.45) is 0 Å². The fourth-order valence-corrected chi connectivity index (χ4v) is 3.97. The maximum Gasteiger partial charge on any atom is 0.417 e. The summed E-state index contributed by atoms with van der Waals surface area (Å²) < 4.78 is 38.3. The number of anilines is 1. The fourth-order valence-electron chi connectivity index (χ4n) is 3.97. The van der Waals surface area contributed by atoms with E-state index < -0.39 is 23.8 Å². The highest BCUT2D eigenvalue weighted by Crippen LogP contribution is 2.31. The van der Waals surface area contributed by atoms with Crippen molar-refractivity contribution in [3.05, 3.63) is 59.9 Å². The number of carboxylic acid groups (broad SMARTS) is 1. The van der Waals surface area contributed by atoms with Crippen LogP contribution in [0.15, 0.2) is 48.8 Å². The van der Waals surface area contributed by atoms with Crippen LogP contribution in [0.25, 0.3) is 10.9 Å². The van der Waals surface area contributed by atoms with E-state index in [0.29, 0.717) is 44.0 Å². The second-order valence-corrected chi connectivity index (χ2v) is 7.31. The van der Waals surface area contributed by atoms with Crippen molar-refractivity contribution in [3.8, 4) is 0 Å². The maximum atomic E-state index is 12.8. The summed E-state index contributed by atoms with van der Waals surface area (Å²) >= 11 is 0. The molecule has 3 aromatic rings. The van der Waals surface area contributed by atoms with Gasteiger partial charge in [-0.25, -0.2) is 4.98 Å². The number of hydrogen-bond acceptors (Lipinski definition) is 4. The van der Waals surface area contributed by atoms with E-state index in [2.05, 4.69) is 9.97 Å². The smallest absolute Gasteiger partial charge is 0.417 e. The number of carboxylic acids is 1. The topological polar surface area (TPSA) is 72.5 Å². The molecule has 1 aromatic carbocycles. The molecule has 0 spiro atoms. The van der Waals surface area contributed by atoms with Gasteiger partial charge in [-0.3, -0.25) is 9.69 Å². The molecule has 2 N–H and O–H groups in total. The van der Waals surface area contributed by atoms with E-state index in [1.807, 2.05) is 34.1 Å². The Bertz CT molecular complexity index is 1030. The molecule has 1 aliphatic heterocycles. The number of fused-ring (bicyclic) bond motifs is 1. The second-order valence-electron chi connectivity index (χ2n) is 7.31. The number of nitrogens with one attached hydrogen (secondary N) is 1. The number of rotatable bonds is 4. The van der Waals surface area contributed by atoms with Crippen LogP contribution in [0.5, 0.6) is 0 Å². The summed E-state index contributed by atoms with van der Waals surface area (Å²) in [7, 11) is 0. The van der Waals surface area contributed by atoms with Crippen LogP contribution in [0.1, 0.15) is 23.6 Å². The molecule has 0 aliphatic carbocycles. The number of hydrogen-bond donors (Lipinski definition) is 2. The number of pyridine rings is 1. The number of halogens is 3. The summed E-state index contributed by atoms with van der Waals surface area (Å²) in [5, 5.41) is 10.8. The largest absolute Gasteiger partial charge is 0.480 e. The normalized spacial score (nSPS) is 17.1. The van der Waals surface area contributed by atoms with Crippen LogP contribution in [-0.2, 0) is 11.0 Å². The Kier molecular flexibility index (Phi) is 5.38. The summed E-state index contributed by atoms with van der Waals surface area (Å²) in [6.07, 6.45) is -1.17. The Morgan fingerprint density at radius 1 is 1.10 bits per heavy atom. The van der Waals surface area contributed by atoms with E-state index in [0.717, 1.165) is 23.2 Å². The molecular formula is C21H21F3N4O2. The zero-order valence-corrected chi connectivity index (χ0v) is 16.1. The number of alkyl halides is 3. The van der Waals surface area contributed by atoms with Gasteiger partial charge < -0.3 is 15.0 Å². The van der Waals surface area contributed by atoms with Crippen molar-refractivity contribution < 1.29 is 23.1 Å².